The van der Waals surface area contributed by atoms with E-state index in [0.717, 1.165) is 67.6 Å². The second-order valence-electron chi connectivity index (χ2n) is 14.5. The Kier molecular flexibility index (Phi) is 9.75. The molecule has 5 nitrogen and oxygen atoms in total. The molecule has 243 valence electrons. The number of furan rings is 1. The summed E-state index contributed by atoms with van der Waals surface area (Å²) in [7, 11) is 0.624. The van der Waals surface area contributed by atoms with E-state index in [9.17, 15) is 0 Å². The second kappa shape index (κ2) is 13.3. The fraction of sp³-hybridized carbons (Fsp3) is 0.275. The van der Waals surface area contributed by atoms with E-state index in [1.54, 1.807) is 6.20 Å². The Morgan fingerprint density at radius 2 is 1.74 bits per heavy atom. The van der Waals surface area contributed by atoms with E-state index in [1.807, 2.05) is 48.1 Å². The molecule has 0 bridgehead atoms. The molecular formula is C40H42IrN4OSi-2. The van der Waals surface area contributed by atoms with Gasteiger partial charge in [-0.15, -0.1) is 53.6 Å². The van der Waals surface area contributed by atoms with Gasteiger partial charge in [0.2, 0.25) is 0 Å². The largest absolute Gasteiger partial charge is 0.501 e. The molecule has 7 heteroatoms. The monoisotopic (exact) mass is 815 g/mol. The van der Waals surface area contributed by atoms with Crippen molar-refractivity contribution < 1.29 is 24.5 Å². The van der Waals surface area contributed by atoms with Crippen molar-refractivity contribution in [3.05, 3.63) is 108 Å². The first-order valence-electron chi connectivity index (χ1n) is 15.9. The van der Waals surface area contributed by atoms with Gasteiger partial charge in [-0.3, -0.25) is 9.97 Å². The summed E-state index contributed by atoms with van der Waals surface area (Å²) < 4.78 is 8.29. The molecule has 4 heterocycles. The summed E-state index contributed by atoms with van der Waals surface area (Å²) in [6.07, 6.45) is 6.80. The van der Waals surface area contributed by atoms with Gasteiger partial charge >= 0.3 is 0 Å². The standard InChI is InChI=1S/C21H16N3O.C19H26NSi.Ir/c1-12-4-6-14-18(10-12)25-20-15(7-5-13(2)19(14)20)21-23-16-8-9-22-11-17(16)24(21)3;1-19(2,3)13-16-12-17(15-10-8-7-9-11-15)20-14-18(16)21(4,5)6;/h4-6,8-11H,1-3H3;7-10,12,14H,13H2,1-6H3;/q2*-1;. The molecule has 0 aliphatic heterocycles. The summed E-state index contributed by atoms with van der Waals surface area (Å²) in [5, 5.41) is 3.75. The maximum Gasteiger partial charge on any atom is 0.121 e. The molecule has 0 amide bonds. The summed E-state index contributed by atoms with van der Waals surface area (Å²) in [5.41, 5.74) is 10.7. The van der Waals surface area contributed by atoms with Crippen molar-refractivity contribution >= 4 is 46.2 Å². The van der Waals surface area contributed by atoms with Crippen LogP contribution in [-0.4, -0.2) is 27.6 Å². The van der Waals surface area contributed by atoms with Gasteiger partial charge in [0.25, 0.3) is 0 Å². The number of hydrogen-bond donors (Lipinski definition) is 0. The normalized spacial score (nSPS) is 11.9. The minimum absolute atomic E-state index is 0. The van der Waals surface area contributed by atoms with Crippen molar-refractivity contribution in [1.29, 1.82) is 0 Å². The average Bonchev–Trinajstić information content (AvgIpc) is 3.55. The Bertz CT molecular complexity index is 2190. The van der Waals surface area contributed by atoms with Crippen LogP contribution in [0.1, 0.15) is 37.5 Å². The van der Waals surface area contributed by atoms with Crippen LogP contribution in [0.15, 0.2) is 83.7 Å². The third kappa shape index (κ3) is 7.18. The Labute approximate surface area is 292 Å². The number of rotatable bonds is 4. The number of benzene rings is 3. The van der Waals surface area contributed by atoms with Gasteiger partial charge in [-0.05, 0) is 47.3 Å². The van der Waals surface area contributed by atoms with Crippen LogP contribution in [0.2, 0.25) is 19.6 Å². The van der Waals surface area contributed by atoms with Gasteiger partial charge < -0.3 is 14.0 Å². The van der Waals surface area contributed by atoms with Gasteiger partial charge in [0.05, 0.1) is 36.7 Å². The van der Waals surface area contributed by atoms with Crippen LogP contribution in [0, 0.1) is 31.4 Å². The Hall–Kier alpha value is -3.90. The first kappa shape index (κ1) is 34.4. The molecule has 7 rings (SSSR count). The van der Waals surface area contributed by atoms with Gasteiger partial charge in [-0.25, -0.2) is 0 Å². The average molecular weight is 815 g/mol. The Balaban J connectivity index is 0.000000184. The number of hydrogen-bond acceptors (Lipinski definition) is 4. The van der Waals surface area contributed by atoms with Gasteiger partial charge in [0, 0.05) is 44.9 Å². The zero-order chi connectivity index (χ0) is 32.8. The Morgan fingerprint density at radius 1 is 0.957 bits per heavy atom. The van der Waals surface area contributed by atoms with E-state index >= 15 is 0 Å². The SMILES string of the molecule is CC(C)(C)Cc1cc(-c2[c-]cccc2)ncc1[Si](C)(C)C.Cc1ccc2c(c1)oc1c(-c3nc4ccncc4n3C)[c-]cc(C)c12.[Ir]. The third-order valence-corrected chi connectivity index (χ3v) is 10.4. The number of aromatic nitrogens is 4. The van der Waals surface area contributed by atoms with Crippen LogP contribution < -0.4 is 5.19 Å². The number of imidazole rings is 1. The van der Waals surface area contributed by atoms with Gasteiger partial charge in [-0.2, -0.15) is 0 Å². The van der Waals surface area contributed by atoms with Crippen LogP contribution in [0.4, 0.5) is 0 Å². The molecule has 0 atom stereocenters. The molecule has 0 aliphatic rings. The fourth-order valence-electron chi connectivity index (χ4n) is 6.10. The molecule has 0 unspecified atom stereocenters. The van der Waals surface area contributed by atoms with Crippen LogP contribution in [0.5, 0.6) is 0 Å². The smallest absolute Gasteiger partial charge is 0.121 e. The van der Waals surface area contributed by atoms with Crippen molar-refractivity contribution in [2.75, 3.05) is 0 Å². The van der Waals surface area contributed by atoms with Gasteiger partial charge in [-0.1, -0.05) is 82.0 Å². The minimum atomic E-state index is -1.37. The van der Waals surface area contributed by atoms with E-state index in [1.165, 1.54) is 16.3 Å². The van der Waals surface area contributed by atoms with Crippen LogP contribution in [0.25, 0.3) is 55.6 Å². The summed E-state index contributed by atoms with van der Waals surface area (Å²) in [6.45, 7) is 18.3. The predicted octanol–water partition coefficient (Wildman–Crippen LogP) is 9.63. The molecule has 0 saturated heterocycles. The van der Waals surface area contributed by atoms with E-state index in [4.69, 9.17) is 14.4 Å². The van der Waals surface area contributed by atoms with Crippen molar-refractivity contribution in [3.63, 3.8) is 0 Å². The molecule has 4 aromatic heterocycles. The van der Waals surface area contributed by atoms with Crippen molar-refractivity contribution in [2.45, 2.75) is 60.7 Å². The maximum absolute atomic E-state index is 6.25. The topological polar surface area (TPSA) is 56.7 Å². The number of pyridine rings is 2. The van der Waals surface area contributed by atoms with E-state index < -0.39 is 8.07 Å². The van der Waals surface area contributed by atoms with Crippen LogP contribution in [0.3, 0.4) is 0 Å². The maximum atomic E-state index is 6.25. The number of nitrogens with zero attached hydrogens (tertiary/aromatic N) is 4. The summed E-state index contributed by atoms with van der Waals surface area (Å²) >= 11 is 0. The zero-order valence-corrected chi connectivity index (χ0v) is 32.1. The second-order valence-corrected chi connectivity index (χ2v) is 19.5. The van der Waals surface area contributed by atoms with E-state index in [0.29, 0.717) is 0 Å². The van der Waals surface area contributed by atoms with Crippen molar-refractivity contribution in [1.82, 2.24) is 19.5 Å². The van der Waals surface area contributed by atoms with Gasteiger partial charge in [0.15, 0.2) is 0 Å². The molecule has 7 aromatic rings. The minimum Gasteiger partial charge on any atom is -0.501 e. The third-order valence-electron chi connectivity index (χ3n) is 8.31. The van der Waals surface area contributed by atoms with Crippen LogP contribution >= 0.6 is 0 Å². The zero-order valence-electron chi connectivity index (χ0n) is 28.7. The molecule has 0 saturated carbocycles. The molecular weight excluding hydrogens is 773 g/mol. The van der Waals surface area contributed by atoms with E-state index in [-0.39, 0.29) is 25.5 Å². The molecule has 47 heavy (non-hydrogen) atoms. The summed E-state index contributed by atoms with van der Waals surface area (Å²) in [5.74, 6) is 0.837. The summed E-state index contributed by atoms with van der Waals surface area (Å²) in [6, 6.07) is 27.3. The predicted molar refractivity (Wildman–Crippen MR) is 194 cm³/mol. The van der Waals surface area contributed by atoms with E-state index in [2.05, 4.69) is 108 Å². The first-order valence-corrected chi connectivity index (χ1v) is 19.4. The quantitative estimate of drug-likeness (QED) is 0.131. The molecule has 0 spiro atoms. The molecule has 1 radical (unpaired) electrons. The molecule has 3 aromatic carbocycles. The Morgan fingerprint density at radius 3 is 2.43 bits per heavy atom. The van der Waals surface area contributed by atoms with Crippen molar-refractivity contribution in [2.24, 2.45) is 12.5 Å². The first-order chi connectivity index (χ1) is 21.8. The molecule has 0 fully saturated rings. The fourth-order valence-corrected chi connectivity index (χ4v) is 7.68. The molecule has 0 N–H and O–H groups in total. The molecule has 0 aliphatic carbocycles. The van der Waals surface area contributed by atoms with Crippen LogP contribution in [-0.2, 0) is 33.6 Å². The summed E-state index contributed by atoms with van der Waals surface area (Å²) in [4.78, 5) is 13.7. The van der Waals surface area contributed by atoms with Crippen molar-refractivity contribution in [3.8, 4) is 22.6 Å². The number of fused-ring (bicyclic) bond motifs is 4. The van der Waals surface area contributed by atoms with Gasteiger partial charge in [0.1, 0.15) is 5.58 Å². The number of aryl methyl sites for hydroxylation is 3.